The topological polar surface area (TPSA) is 24.5 Å². The van der Waals surface area contributed by atoms with E-state index in [9.17, 15) is 0 Å². The molecule has 1 heterocycles. The Morgan fingerprint density at radius 3 is 2.62 bits per heavy atom. The minimum Gasteiger partial charge on any atom is -0.381 e. The Bertz CT molecular complexity index is 338. The van der Waals surface area contributed by atoms with Gasteiger partial charge in [0.2, 0.25) is 0 Å². The van der Waals surface area contributed by atoms with Crippen LogP contribution in [-0.2, 0) is 4.74 Å². The van der Waals surface area contributed by atoms with Crippen LogP contribution < -0.4 is 5.32 Å². The van der Waals surface area contributed by atoms with Gasteiger partial charge in [-0.05, 0) is 56.8 Å². The number of nitrogens with one attached hydrogen (secondary N) is 1. The highest BCUT2D eigenvalue weighted by Gasteiger charge is 2.46. The third-order valence-electron chi connectivity index (χ3n) is 5.75. The van der Waals surface area contributed by atoms with Crippen molar-refractivity contribution >= 4 is 0 Å². The molecule has 1 saturated heterocycles. The molecule has 3 nitrogen and oxygen atoms in total. The van der Waals surface area contributed by atoms with Gasteiger partial charge in [-0.2, -0.15) is 0 Å². The number of rotatable bonds is 8. The van der Waals surface area contributed by atoms with Crippen molar-refractivity contribution in [3.63, 3.8) is 0 Å². The fourth-order valence-corrected chi connectivity index (χ4v) is 3.86. The zero-order valence-electron chi connectivity index (χ0n) is 14.2. The second kappa shape index (κ2) is 6.55. The lowest BCUT2D eigenvalue weighted by Gasteiger charge is -2.48. The van der Waals surface area contributed by atoms with Gasteiger partial charge in [-0.25, -0.2) is 0 Å². The minimum absolute atomic E-state index is 0.361. The van der Waals surface area contributed by atoms with Gasteiger partial charge >= 0.3 is 0 Å². The van der Waals surface area contributed by atoms with Gasteiger partial charge in [0.05, 0.1) is 0 Å². The summed E-state index contributed by atoms with van der Waals surface area (Å²) in [6.45, 7) is 12.7. The molecular weight excluding hydrogens is 260 g/mol. The summed E-state index contributed by atoms with van der Waals surface area (Å²) < 4.78 is 5.81. The van der Waals surface area contributed by atoms with Gasteiger partial charge in [0.1, 0.15) is 0 Å². The Balaban J connectivity index is 1.45. The molecule has 0 bridgehead atoms. The van der Waals surface area contributed by atoms with Crippen LogP contribution >= 0.6 is 0 Å². The molecule has 0 aromatic carbocycles. The van der Waals surface area contributed by atoms with Crippen LogP contribution in [0, 0.1) is 17.8 Å². The number of nitrogens with zero attached hydrogens (tertiary/aromatic N) is 1. The molecule has 2 aliphatic carbocycles. The maximum absolute atomic E-state index is 5.81. The van der Waals surface area contributed by atoms with E-state index in [-0.39, 0.29) is 0 Å². The maximum atomic E-state index is 5.81. The van der Waals surface area contributed by atoms with Gasteiger partial charge in [-0.15, -0.1) is 0 Å². The van der Waals surface area contributed by atoms with Crippen molar-refractivity contribution in [1.82, 2.24) is 10.2 Å². The average molecular weight is 294 g/mol. The molecule has 2 unspecified atom stereocenters. The molecule has 0 amide bonds. The van der Waals surface area contributed by atoms with Crippen molar-refractivity contribution in [2.24, 2.45) is 17.8 Å². The van der Waals surface area contributed by atoms with Crippen LogP contribution in [0.1, 0.15) is 52.9 Å². The van der Waals surface area contributed by atoms with Crippen molar-refractivity contribution in [2.45, 2.75) is 64.5 Å². The van der Waals surface area contributed by atoms with E-state index in [0.717, 1.165) is 37.5 Å². The van der Waals surface area contributed by atoms with Gasteiger partial charge in [0.15, 0.2) is 0 Å². The van der Waals surface area contributed by atoms with Gasteiger partial charge in [0.25, 0.3) is 0 Å². The van der Waals surface area contributed by atoms with Crippen molar-refractivity contribution in [1.29, 1.82) is 0 Å². The highest BCUT2D eigenvalue weighted by molar-refractivity contribution is 5.04. The van der Waals surface area contributed by atoms with E-state index in [1.807, 2.05) is 0 Å². The van der Waals surface area contributed by atoms with Gasteiger partial charge in [-0.3, -0.25) is 4.90 Å². The third kappa shape index (κ3) is 4.20. The first kappa shape index (κ1) is 15.8. The van der Waals surface area contributed by atoms with Crippen LogP contribution in [0.4, 0.5) is 0 Å². The van der Waals surface area contributed by atoms with Crippen LogP contribution in [-0.4, -0.2) is 49.3 Å². The second-order valence-electron chi connectivity index (χ2n) is 8.23. The summed E-state index contributed by atoms with van der Waals surface area (Å²) in [5.74, 6) is 2.54. The normalized spacial score (nSPS) is 34.6. The fraction of sp³-hybridized carbons (Fsp3) is 1.00. The molecule has 3 fully saturated rings. The molecule has 21 heavy (non-hydrogen) atoms. The zero-order chi connectivity index (χ0) is 14.9. The molecule has 3 aliphatic rings. The van der Waals surface area contributed by atoms with E-state index in [1.54, 1.807) is 0 Å². The van der Waals surface area contributed by atoms with E-state index >= 15 is 0 Å². The molecule has 1 aliphatic heterocycles. The smallest absolute Gasteiger partial charge is 0.0494 e. The van der Waals surface area contributed by atoms with Crippen molar-refractivity contribution in [3.8, 4) is 0 Å². The first-order chi connectivity index (χ1) is 10.1. The molecule has 0 aromatic heterocycles. The predicted octanol–water partition coefficient (Wildman–Crippen LogP) is 2.90. The lowest BCUT2D eigenvalue weighted by molar-refractivity contribution is 0.0402. The first-order valence-corrected chi connectivity index (χ1v) is 9.15. The van der Waals surface area contributed by atoms with Crippen molar-refractivity contribution in [3.05, 3.63) is 0 Å². The largest absolute Gasteiger partial charge is 0.381 e. The molecular formula is C18H34N2O. The van der Waals surface area contributed by atoms with E-state index in [4.69, 9.17) is 4.74 Å². The molecule has 2 saturated carbocycles. The SMILES string of the molecule is CC(C)C1CNC(C)(C2CC2)CN1CCCOCC1CC1. The summed E-state index contributed by atoms with van der Waals surface area (Å²) in [7, 11) is 0. The predicted molar refractivity (Wildman–Crippen MR) is 87.5 cm³/mol. The maximum Gasteiger partial charge on any atom is 0.0494 e. The minimum atomic E-state index is 0.361. The lowest BCUT2D eigenvalue weighted by atomic mass is 9.88. The molecule has 0 spiro atoms. The molecule has 3 heteroatoms. The molecule has 2 atom stereocenters. The lowest BCUT2D eigenvalue weighted by Crippen LogP contribution is -2.65. The van der Waals surface area contributed by atoms with Crippen molar-refractivity contribution in [2.75, 3.05) is 32.8 Å². The Hall–Kier alpha value is -0.120. The Kier molecular flexibility index (Phi) is 4.92. The van der Waals surface area contributed by atoms with E-state index in [0.29, 0.717) is 11.6 Å². The highest BCUT2D eigenvalue weighted by Crippen LogP contribution is 2.41. The second-order valence-corrected chi connectivity index (χ2v) is 8.23. The van der Waals surface area contributed by atoms with Gasteiger partial charge in [0, 0.05) is 44.4 Å². The standard InChI is InChI=1S/C18H34N2O/c1-14(2)17-11-19-18(3,16-7-8-16)13-20(17)9-4-10-21-12-15-5-6-15/h14-17,19H,4-13H2,1-3H3. The highest BCUT2D eigenvalue weighted by atomic mass is 16.5. The fourth-order valence-electron chi connectivity index (χ4n) is 3.86. The summed E-state index contributed by atoms with van der Waals surface area (Å²) >= 11 is 0. The summed E-state index contributed by atoms with van der Waals surface area (Å²) in [5, 5.41) is 3.87. The van der Waals surface area contributed by atoms with Crippen LogP contribution in [0.25, 0.3) is 0 Å². The van der Waals surface area contributed by atoms with Gasteiger partial charge in [-0.1, -0.05) is 13.8 Å². The quantitative estimate of drug-likeness (QED) is 0.697. The average Bonchev–Trinajstić information content (AvgIpc) is 3.29. The first-order valence-electron chi connectivity index (χ1n) is 9.15. The monoisotopic (exact) mass is 294 g/mol. The Morgan fingerprint density at radius 2 is 2.00 bits per heavy atom. The van der Waals surface area contributed by atoms with E-state index in [2.05, 4.69) is 31.0 Å². The summed E-state index contributed by atoms with van der Waals surface area (Å²) in [5.41, 5.74) is 0.361. The van der Waals surface area contributed by atoms with Crippen LogP contribution in [0.15, 0.2) is 0 Å². The van der Waals surface area contributed by atoms with Crippen LogP contribution in [0.3, 0.4) is 0 Å². The molecule has 1 N–H and O–H groups in total. The van der Waals surface area contributed by atoms with E-state index < -0.39 is 0 Å². The molecule has 0 radical (unpaired) electrons. The number of piperazine rings is 1. The Labute approximate surface area is 130 Å². The molecule has 3 rings (SSSR count). The number of hydrogen-bond donors (Lipinski definition) is 1. The molecule has 0 aromatic rings. The zero-order valence-corrected chi connectivity index (χ0v) is 14.2. The number of hydrogen-bond acceptors (Lipinski definition) is 3. The number of ether oxygens (including phenoxy) is 1. The van der Waals surface area contributed by atoms with Gasteiger partial charge < -0.3 is 10.1 Å². The van der Waals surface area contributed by atoms with E-state index in [1.165, 1.54) is 45.2 Å². The third-order valence-corrected chi connectivity index (χ3v) is 5.75. The molecule has 122 valence electrons. The summed E-state index contributed by atoms with van der Waals surface area (Å²) in [6, 6.07) is 0.695. The van der Waals surface area contributed by atoms with Crippen LogP contribution in [0.5, 0.6) is 0 Å². The summed E-state index contributed by atoms with van der Waals surface area (Å²) in [4.78, 5) is 2.75. The van der Waals surface area contributed by atoms with Crippen molar-refractivity contribution < 1.29 is 4.74 Å². The van der Waals surface area contributed by atoms with Crippen LogP contribution in [0.2, 0.25) is 0 Å². The summed E-state index contributed by atoms with van der Waals surface area (Å²) in [6.07, 6.45) is 6.83. The Morgan fingerprint density at radius 1 is 1.24 bits per heavy atom.